The molecule has 5 aromatic rings. The van der Waals surface area contributed by atoms with Gasteiger partial charge in [0.25, 0.3) is 0 Å². The number of aromatic nitrogens is 1. The average molecular weight is 813 g/mol. The Kier molecular flexibility index (Phi) is 11.8. The Morgan fingerprint density at radius 1 is 0.897 bits per heavy atom. The maximum absolute atomic E-state index is 13.5. The quantitative estimate of drug-likeness (QED) is 0.149. The summed E-state index contributed by atoms with van der Waals surface area (Å²) in [6, 6.07) is 29.1. The zero-order chi connectivity index (χ0) is 40.1. The van der Waals surface area contributed by atoms with Gasteiger partial charge >= 0.3 is 6.03 Å². The van der Waals surface area contributed by atoms with E-state index < -0.39 is 33.3 Å². The molecule has 3 amide bonds. The number of hydroxylamine groups is 1. The van der Waals surface area contributed by atoms with Gasteiger partial charge in [0, 0.05) is 40.8 Å². The fourth-order valence-corrected chi connectivity index (χ4v) is 10.1. The number of allylic oxidation sites excluding steroid dienone is 3. The summed E-state index contributed by atoms with van der Waals surface area (Å²) in [6.45, 7) is 0.623. The predicted molar refractivity (Wildman–Crippen MR) is 230 cm³/mol. The highest BCUT2D eigenvalue weighted by molar-refractivity contribution is 7.95. The number of primary amides is 1. The number of urea groups is 1. The van der Waals surface area contributed by atoms with E-state index in [9.17, 15) is 18.0 Å². The van der Waals surface area contributed by atoms with Gasteiger partial charge < -0.3 is 15.8 Å². The summed E-state index contributed by atoms with van der Waals surface area (Å²) >= 11 is 1.79. The topological polar surface area (TPSA) is 141 Å². The van der Waals surface area contributed by atoms with Gasteiger partial charge in [-0.15, -0.1) is 11.3 Å². The molecule has 2 aliphatic carbocycles. The number of pyridine rings is 1. The molecule has 9 rings (SSSR count). The van der Waals surface area contributed by atoms with Crippen LogP contribution in [0.15, 0.2) is 121 Å². The van der Waals surface area contributed by atoms with Crippen molar-refractivity contribution >= 4 is 56.1 Å². The first-order valence-corrected chi connectivity index (χ1v) is 22.0. The molecule has 4 aliphatic rings. The van der Waals surface area contributed by atoms with Gasteiger partial charge in [-0.3, -0.25) is 9.78 Å². The number of rotatable bonds is 8. The Morgan fingerprint density at radius 2 is 1.76 bits per heavy atom. The van der Waals surface area contributed by atoms with E-state index in [0.29, 0.717) is 18.0 Å². The SMILES string of the molecule is NC(=O)CC1C=CC=CS1(=O)=O.O=C(Nc1cccnc1)N(O[C@H]1CCCCO1)c1cccc(-c2ccc(C3=Cc4ccc5c(c4CC3)CCc3ccccc3-5)s2)c1. The summed E-state index contributed by atoms with van der Waals surface area (Å²) < 4.78 is 28.2. The standard InChI is InChI=1S/C39H35N3O3S.C7H9NO3S/c43-39(41-30-9-6-21-40-25-30)42(45-38-12-3-4-22-44-38)31-10-5-8-28(24-31)36-19-20-37(46-36)29-15-16-33-27(23-29)14-18-34-32-11-2-1-7-26(32)13-17-35(33)34;8-7(9)5-6-3-1-2-4-12(6,10)11/h1-2,5-11,14,18-21,23-25,38H,3-4,12-13,15-17,22H2,(H,41,43);1-4,6H,5H2,(H2,8,9)/t38-;/m0./s1. The largest absolute Gasteiger partial charge is 0.370 e. The van der Waals surface area contributed by atoms with E-state index in [4.69, 9.17) is 15.3 Å². The molecule has 12 heteroatoms. The Balaban J connectivity index is 0.000000338. The zero-order valence-electron chi connectivity index (χ0n) is 31.9. The average Bonchev–Trinajstić information content (AvgIpc) is 3.75. The number of thiophene rings is 1. The number of carbonyl (C=O) groups is 2. The number of ether oxygens (including phenoxy) is 1. The fourth-order valence-electron chi connectivity index (χ4n) is 7.79. The molecule has 1 saturated heterocycles. The molecule has 2 atom stereocenters. The molecule has 2 aliphatic heterocycles. The van der Waals surface area contributed by atoms with E-state index in [-0.39, 0.29) is 6.42 Å². The maximum atomic E-state index is 13.5. The number of amides is 3. The van der Waals surface area contributed by atoms with Crippen molar-refractivity contribution in [1.82, 2.24) is 4.98 Å². The van der Waals surface area contributed by atoms with Crippen molar-refractivity contribution in [2.45, 2.75) is 62.9 Å². The molecule has 1 fully saturated rings. The van der Waals surface area contributed by atoms with Crippen LogP contribution in [-0.4, -0.2) is 43.5 Å². The number of aryl methyl sites for hydroxylation is 1. The van der Waals surface area contributed by atoms with Crippen LogP contribution in [0, 0.1) is 0 Å². The number of nitrogens with one attached hydrogen (secondary N) is 1. The van der Waals surface area contributed by atoms with Crippen molar-refractivity contribution in [2.75, 3.05) is 17.0 Å². The van der Waals surface area contributed by atoms with Crippen LogP contribution in [0.4, 0.5) is 16.2 Å². The molecular weight excluding hydrogens is 769 g/mol. The van der Waals surface area contributed by atoms with Gasteiger partial charge in [-0.05, 0) is 119 Å². The van der Waals surface area contributed by atoms with Gasteiger partial charge in [0.15, 0.2) is 16.1 Å². The molecule has 3 aromatic carbocycles. The third-order valence-electron chi connectivity index (χ3n) is 10.7. The van der Waals surface area contributed by atoms with E-state index in [1.165, 1.54) is 61.0 Å². The molecular formula is C46H44N4O6S2. The number of carbonyl (C=O) groups excluding carboxylic acids is 2. The second kappa shape index (κ2) is 17.5. The van der Waals surface area contributed by atoms with E-state index in [1.54, 1.807) is 41.9 Å². The van der Waals surface area contributed by atoms with Crippen LogP contribution in [0.2, 0.25) is 0 Å². The number of hydrogen-bond acceptors (Lipinski definition) is 8. The third kappa shape index (κ3) is 8.90. The summed E-state index contributed by atoms with van der Waals surface area (Å²) in [5.41, 5.74) is 17.2. The van der Waals surface area contributed by atoms with E-state index in [0.717, 1.165) is 60.8 Å². The first kappa shape index (κ1) is 39.2. The highest BCUT2D eigenvalue weighted by Crippen LogP contribution is 2.42. The van der Waals surface area contributed by atoms with Crippen LogP contribution >= 0.6 is 11.3 Å². The van der Waals surface area contributed by atoms with Crippen LogP contribution in [0.25, 0.3) is 33.2 Å². The van der Waals surface area contributed by atoms with Crippen molar-refractivity contribution in [3.63, 3.8) is 0 Å². The molecule has 10 nitrogen and oxygen atoms in total. The van der Waals surface area contributed by atoms with Crippen molar-refractivity contribution in [2.24, 2.45) is 5.73 Å². The lowest BCUT2D eigenvalue weighted by molar-refractivity contribution is -0.162. The summed E-state index contributed by atoms with van der Waals surface area (Å²) in [4.78, 5) is 36.7. The van der Waals surface area contributed by atoms with E-state index in [1.807, 2.05) is 18.2 Å². The van der Waals surface area contributed by atoms with Crippen molar-refractivity contribution in [3.05, 3.63) is 148 Å². The first-order valence-electron chi connectivity index (χ1n) is 19.5. The zero-order valence-corrected chi connectivity index (χ0v) is 33.5. The summed E-state index contributed by atoms with van der Waals surface area (Å²) in [7, 11) is -3.29. The number of sulfone groups is 1. The lowest BCUT2D eigenvalue weighted by atomic mass is 9.78. The Labute approximate surface area is 342 Å². The molecule has 0 bridgehead atoms. The summed E-state index contributed by atoms with van der Waals surface area (Å²) in [5, 5.41) is 4.53. The van der Waals surface area contributed by atoms with E-state index in [2.05, 4.69) is 71.0 Å². The first-order chi connectivity index (χ1) is 28.2. The maximum Gasteiger partial charge on any atom is 0.350 e. The number of anilines is 2. The molecule has 4 heterocycles. The molecule has 296 valence electrons. The molecule has 0 spiro atoms. The fraction of sp³-hybridized carbons (Fsp3) is 0.239. The molecule has 58 heavy (non-hydrogen) atoms. The number of nitrogens with zero attached hydrogens (tertiary/aromatic N) is 2. The number of hydrogen-bond donors (Lipinski definition) is 2. The van der Waals surface area contributed by atoms with Crippen molar-refractivity contribution in [3.8, 4) is 21.6 Å². The summed E-state index contributed by atoms with van der Waals surface area (Å²) in [5.74, 6) is -0.608. The van der Waals surface area contributed by atoms with Crippen LogP contribution in [0.5, 0.6) is 0 Å². The number of nitrogens with two attached hydrogens (primary N) is 1. The molecule has 0 radical (unpaired) electrons. The minimum atomic E-state index is -3.29. The second-order valence-electron chi connectivity index (χ2n) is 14.6. The predicted octanol–water partition coefficient (Wildman–Crippen LogP) is 9.29. The van der Waals surface area contributed by atoms with E-state index >= 15 is 0 Å². The highest BCUT2D eigenvalue weighted by Gasteiger charge is 2.27. The van der Waals surface area contributed by atoms with Gasteiger partial charge in [-0.25, -0.2) is 18.0 Å². The van der Waals surface area contributed by atoms with Gasteiger partial charge in [-0.1, -0.05) is 72.8 Å². The van der Waals surface area contributed by atoms with Gasteiger partial charge in [0.05, 0.1) is 22.8 Å². The van der Waals surface area contributed by atoms with Crippen LogP contribution < -0.4 is 16.1 Å². The van der Waals surface area contributed by atoms with Gasteiger partial charge in [0.2, 0.25) is 5.91 Å². The molecule has 3 N–H and O–H groups in total. The number of benzene rings is 3. The Morgan fingerprint density at radius 3 is 2.57 bits per heavy atom. The monoisotopic (exact) mass is 812 g/mol. The second-order valence-corrected chi connectivity index (χ2v) is 17.7. The molecule has 1 unspecified atom stereocenters. The van der Waals surface area contributed by atoms with Crippen LogP contribution in [-0.2, 0) is 43.5 Å². The minimum Gasteiger partial charge on any atom is -0.370 e. The lowest BCUT2D eigenvalue weighted by Crippen LogP contribution is -2.40. The summed E-state index contributed by atoms with van der Waals surface area (Å²) in [6.07, 6.45) is 16.6. The highest BCUT2D eigenvalue weighted by atomic mass is 32.2. The van der Waals surface area contributed by atoms with Crippen LogP contribution in [0.1, 0.15) is 59.2 Å². The van der Waals surface area contributed by atoms with Crippen LogP contribution in [0.3, 0.4) is 0 Å². The lowest BCUT2D eigenvalue weighted by Gasteiger charge is -2.29. The van der Waals surface area contributed by atoms with Gasteiger partial charge in [0.1, 0.15) is 0 Å². The Bertz CT molecular complexity index is 2520. The minimum absolute atomic E-state index is 0.150. The molecule has 2 aromatic heterocycles. The molecule has 0 saturated carbocycles. The normalized spacial score (nSPS) is 18.7. The van der Waals surface area contributed by atoms with Crippen molar-refractivity contribution < 1.29 is 27.6 Å². The smallest absolute Gasteiger partial charge is 0.350 e. The van der Waals surface area contributed by atoms with Crippen molar-refractivity contribution in [1.29, 1.82) is 0 Å². The third-order valence-corrected chi connectivity index (χ3v) is 13.6. The number of fused-ring (bicyclic) bond motifs is 5. The Hall–Kier alpha value is -5.66. The van der Waals surface area contributed by atoms with Gasteiger partial charge in [-0.2, -0.15) is 5.06 Å².